The van der Waals surface area contributed by atoms with Crippen molar-refractivity contribution in [2.75, 3.05) is 26.2 Å². The number of hydrogen-bond acceptors (Lipinski definition) is 7. The van der Waals surface area contributed by atoms with Crippen molar-refractivity contribution in [2.24, 2.45) is 23.7 Å². The van der Waals surface area contributed by atoms with E-state index >= 15 is 0 Å². The molecule has 5 heterocycles. The van der Waals surface area contributed by atoms with Crippen LogP contribution in [0.2, 0.25) is 0 Å². The van der Waals surface area contributed by atoms with Gasteiger partial charge in [0.15, 0.2) is 11.9 Å². The molecular weight excluding hydrogens is 504 g/mol. The van der Waals surface area contributed by atoms with Crippen LogP contribution in [0.4, 0.5) is 0 Å². The van der Waals surface area contributed by atoms with E-state index in [2.05, 4.69) is 90.5 Å². The van der Waals surface area contributed by atoms with Crippen molar-refractivity contribution in [3.63, 3.8) is 0 Å². The third-order valence-electron chi connectivity index (χ3n) is 10.0. The number of fused-ring (bicyclic) bond motifs is 1. The maximum absolute atomic E-state index is 6.52. The van der Waals surface area contributed by atoms with Gasteiger partial charge in [-0.1, -0.05) is 56.3 Å². The fourth-order valence-electron chi connectivity index (χ4n) is 7.71. The summed E-state index contributed by atoms with van der Waals surface area (Å²) >= 11 is 0. The van der Waals surface area contributed by atoms with Crippen molar-refractivity contribution in [1.29, 1.82) is 0 Å². The number of piperazine rings is 1. The summed E-state index contributed by atoms with van der Waals surface area (Å²) in [6.45, 7) is 11.7. The van der Waals surface area contributed by atoms with Crippen LogP contribution in [0.25, 0.3) is 6.08 Å². The normalized spacial score (nSPS) is 39.3. The first-order chi connectivity index (χ1) is 19.4. The summed E-state index contributed by atoms with van der Waals surface area (Å²) in [4.78, 5) is 16.9. The van der Waals surface area contributed by atoms with Gasteiger partial charge >= 0.3 is 0 Å². The van der Waals surface area contributed by atoms with E-state index in [1.165, 1.54) is 17.5 Å². The number of rotatable bonds is 6. The molecule has 6 fully saturated rings. The lowest BCUT2D eigenvalue weighted by atomic mass is 9.56. The van der Waals surface area contributed by atoms with Crippen LogP contribution in [0.15, 0.2) is 60.8 Å². The van der Waals surface area contributed by atoms with Crippen LogP contribution in [-0.2, 0) is 25.8 Å². The Balaban J connectivity index is 0.952. The van der Waals surface area contributed by atoms with E-state index in [0.29, 0.717) is 11.8 Å². The van der Waals surface area contributed by atoms with Crippen LogP contribution in [0, 0.1) is 23.7 Å². The molecule has 2 bridgehead atoms. The summed E-state index contributed by atoms with van der Waals surface area (Å²) in [7, 11) is 0. The van der Waals surface area contributed by atoms with Crippen LogP contribution in [0.5, 0.6) is 5.75 Å². The highest BCUT2D eigenvalue weighted by molar-refractivity contribution is 5.48. The smallest absolute Gasteiger partial charge is 0.205 e. The third-order valence-corrected chi connectivity index (χ3v) is 10.0. The summed E-state index contributed by atoms with van der Waals surface area (Å²) < 4.78 is 19.3. The Kier molecular flexibility index (Phi) is 6.91. The first kappa shape index (κ1) is 26.5. The average Bonchev–Trinajstić information content (AvgIpc) is 2.97. The maximum atomic E-state index is 6.52. The Hall–Kier alpha value is -2.42. The molecule has 40 heavy (non-hydrogen) atoms. The highest BCUT2D eigenvalue weighted by Gasteiger charge is 2.72. The van der Waals surface area contributed by atoms with Crippen molar-refractivity contribution in [3.8, 4) is 5.75 Å². The first-order valence-corrected chi connectivity index (χ1v) is 15.1. The predicted molar refractivity (Wildman–Crippen MR) is 152 cm³/mol. The SMILES string of the molecule is C[C@@H]1CCC2[C@@H](C)[C@@H](Oc3ccc(CN4CCN(/C=C/c5ccccc5)CC4)cc3)O[C@@H]3O[C@]4(C)CC1[C@@]23OO4. The lowest BCUT2D eigenvalue weighted by Crippen LogP contribution is -2.76. The molecule has 5 aliphatic heterocycles. The maximum Gasteiger partial charge on any atom is 0.205 e. The zero-order valence-corrected chi connectivity index (χ0v) is 23.9. The first-order valence-electron chi connectivity index (χ1n) is 15.1. The zero-order chi connectivity index (χ0) is 27.3. The van der Waals surface area contributed by atoms with E-state index in [1.807, 2.05) is 6.92 Å². The van der Waals surface area contributed by atoms with E-state index in [1.54, 1.807) is 0 Å². The second-order valence-corrected chi connectivity index (χ2v) is 12.7. The average molecular weight is 547 g/mol. The Bertz CT molecular complexity index is 1200. The van der Waals surface area contributed by atoms with Crippen LogP contribution in [0.3, 0.4) is 0 Å². The van der Waals surface area contributed by atoms with Gasteiger partial charge in [0, 0.05) is 56.9 Å². The largest absolute Gasteiger partial charge is 0.465 e. The summed E-state index contributed by atoms with van der Waals surface area (Å²) in [5, 5.41) is 0. The Morgan fingerprint density at radius 2 is 1.70 bits per heavy atom. The van der Waals surface area contributed by atoms with Gasteiger partial charge in [-0.2, -0.15) is 0 Å². The van der Waals surface area contributed by atoms with Crippen LogP contribution < -0.4 is 4.74 Å². The second-order valence-electron chi connectivity index (χ2n) is 12.7. The summed E-state index contributed by atoms with van der Waals surface area (Å²) in [6, 6.07) is 19.0. The van der Waals surface area contributed by atoms with Gasteiger partial charge in [-0.3, -0.25) is 4.90 Å². The monoisotopic (exact) mass is 546 g/mol. The third kappa shape index (κ3) is 4.76. The van der Waals surface area contributed by atoms with Crippen LogP contribution in [0.1, 0.15) is 51.2 Å². The highest BCUT2D eigenvalue weighted by Crippen LogP contribution is 2.62. The topological polar surface area (TPSA) is 52.6 Å². The van der Waals surface area contributed by atoms with E-state index in [0.717, 1.165) is 51.3 Å². The molecule has 5 saturated heterocycles. The number of nitrogens with zero attached hydrogens (tertiary/aromatic N) is 2. The molecule has 8 atom stereocenters. The van der Waals surface area contributed by atoms with Crippen LogP contribution >= 0.6 is 0 Å². The molecule has 7 heteroatoms. The molecule has 8 rings (SSSR count). The van der Waals surface area contributed by atoms with Gasteiger partial charge in [0.1, 0.15) is 5.75 Å². The van der Waals surface area contributed by atoms with Gasteiger partial charge in [-0.05, 0) is 61.2 Å². The standard InChI is InChI=1S/C33H42N2O5/c1-23-9-14-28-24(2)30(37-31-33(28)29(23)21-32(3,38-31)39-40-33)36-27-12-10-26(11-13-27)22-35-19-17-34(18-20-35)16-15-25-7-5-4-6-8-25/h4-8,10-13,15-16,23-24,28-31H,9,14,17-22H2,1-3H3/b16-15+/t23-,24-,28?,29?,30+,31-,32+,33+/m1/s1. The summed E-state index contributed by atoms with van der Waals surface area (Å²) in [6.07, 6.45) is 6.67. The summed E-state index contributed by atoms with van der Waals surface area (Å²) in [5.74, 6) is 1.42. The fraction of sp³-hybridized carbons (Fsp3) is 0.576. The quantitative estimate of drug-likeness (QED) is 0.433. The number of ether oxygens (including phenoxy) is 3. The molecule has 0 radical (unpaired) electrons. The lowest BCUT2D eigenvalue weighted by Gasteiger charge is -2.66. The van der Waals surface area contributed by atoms with Gasteiger partial charge in [0.25, 0.3) is 0 Å². The number of hydrogen-bond donors (Lipinski definition) is 0. The van der Waals surface area contributed by atoms with Crippen molar-refractivity contribution in [3.05, 3.63) is 71.9 Å². The molecule has 1 spiro atoms. The molecule has 1 saturated carbocycles. The van der Waals surface area contributed by atoms with Gasteiger partial charge in [-0.15, -0.1) is 0 Å². The number of benzene rings is 2. The molecule has 2 aromatic carbocycles. The predicted octanol–water partition coefficient (Wildman–Crippen LogP) is 5.67. The molecule has 1 aliphatic carbocycles. The lowest BCUT2D eigenvalue weighted by molar-refractivity contribution is -0.614. The molecule has 2 aromatic rings. The molecular formula is C33H42N2O5. The van der Waals surface area contributed by atoms with Gasteiger partial charge < -0.3 is 19.1 Å². The summed E-state index contributed by atoms with van der Waals surface area (Å²) in [5.41, 5.74) is 2.00. The Morgan fingerprint density at radius 1 is 0.925 bits per heavy atom. The molecule has 2 unspecified atom stereocenters. The molecule has 0 aromatic heterocycles. The van der Waals surface area contributed by atoms with E-state index in [9.17, 15) is 0 Å². The van der Waals surface area contributed by atoms with E-state index < -0.39 is 17.7 Å². The Labute approximate surface area is 237 Å². The van der Waals surface area contributed by atoms with Crippen molar-refractivity contribution < 1.29 is 24.0 Å². The van der Waals surface area contributed by atoms with E-state index in [-0.39, 0.29) is 18.1 Å². The molecule has 7 nitrogen and oxygen atoms in total. The zero-order valence-electron chi connectivity index (χ0n) is 23.9. The second kappa shape index (κ2) is 10.4. The van der Waals surface area contributed by atoms with Crippen LogP contribution in [-0.4, -0.2) is 59.9 Å². The minimum absolute atomic E-state index is 0.160. The minimum Gasteiger partial charge on any atom is -0.465 e. The Morgan fingerprint density at radius 3 is 2.48 bits per heavy atom. The molecule has 6 aliphatic rings. The molecule has 214 valence electrons. The molecule has 0 amide bonds. The van der Waals surface area contributed by atoms with E-state index in [4.69, 9.17) is 24.0 Å². The molecule has 0 N–H and O–H groups in total. The van der Waals surface area contributed by atoms with Gasteiger partial charge in [-0.25, -0.2) is 9.78 Å². The van der Waals surface area contributed by atoms with Crippen molar-refractivity contribution in [1.82, 2.24) is 9.80 Å². The van der Waals surface area contributed by atoms with Crippen molar-refractivity contribution in [2.45, 2.75) is 70.5 Å². The highest BCUT2D eigenvalue weighted by atomic mass is 17.3. The van der Waals surface area contributed by atoms with Crippen molar-refractivity contribution >= 4 is 6.08 Å². The van der Waals surface area contributed by atoms with Gasteiger partial charge in [0.2, 0.25) is 12.1 Å². The fourth-order valence-corrected chi connectivity index (χ4v) is 7.71. The minimum atomic E-state index is -0.760. The van der Waals surface area contributed by atoms with Gasteiger partial charge in [0.05, 0.1) is 0 Å².